The van der Waals surface area contributed by atoms with Gasteiger partial charge >= 0.3 is 0 Å². The minimum atomic E-state index is -0.119. The van der Waals surface area contributed by atoms with Crippen molar-refractivity contribution in [1.29, 1.82) is 0 Å². The first kappa shape index (κ1) is 10.8. The van der Waals surface area contributed by atoms with Gasteiger partial charge in [0.15, 0.2) is 5.78 Å². The maximum Gasteiger partial charge on any atom is 0.195 e. The molecule has 3 rings (SSSR count). The third-order valence-corrected chi connectivity index (χ3v) is 3.17. The molecule has 1 aliphatic rings. The summed E-state index contributed by atoms with van der Waals surface area (Å²) in [5.41, 5.74) is 3.05. The maximum atomic E-state index is 11.8. The fourth-order valence-corrected chi connectivity index (χ4v) is 2.22. The van der Waals surface area contributed by atoms with E-state index in [9.17, 15) is 4.79 Å². The number of nitrogens with zero attached hydrogens (tertiary/aromatic N) is 2. The second-order valence-corrected chi connectivity index (χ2v) is 4.31. The van der Waals surface area contributed by atoms with Gasteiger partial charge in [0.1, 0.15) is 0 Å². The Kier molecular flexibility index (Phi) is 2.48. The molecule has 0 atom stereocenters. The molecule has 4 heteroatoms. The zero-order valence-corrected chi connectivity index (χ0v) is 9.71. The first-order chi connectivity index (χ1) is 8.79. The van der Waals surface area contributed by atoms with Crippen LogP contribution in [0.4, 0.5) is 0 Å². The van der Waals surface area contributed by atoms with Crippen LogP contribution in [0.3, 0.4) is 0 Å². The number of Topliss-reactive ketones (excluding diaryl/α,β-unsaturated/α-hetero) is 1. The number of carbonyl (C=O) groups excluding carboxylic acids is 1. The maximum absolute atomic E-state index is 11.8. The van der Waals surface area contributed by atoms with Gasteiger partial charge in [-0.2, -0.15) is 5.10 Å². The number of aliphatic hydroxyl groups is 1. The number of fused-ring (bicyclic) bond motifs is 1. The van der Waals surface area contributed by atoms with Gasteiger partial charge in [-0.3, -0.25) is 9.48 Å². The second-order valence-electron chi connectivity index (χ2n) is 4.31. The molecular formula is C14H12N2O2. The number of ketones is 1. The molecular weight excluding hydrogens is 228 g/mol. The predicted octanol–water partition coefficient (Wildman–Crippen LogP) is 2.11. The average molecular weight is 240 g/mol. The Morgan fingerprint density at radius 1 is 1.33 bits per heavy atom. The van der Waals surface area contributed by atoms with Gasteiger partial charge in [-0.15, -0.1) is 0 Å². The Balaban J connectivity index is 1.94. The zero-order chi connectivity index (χ0) is 12.5. The highest BCUT2D eigenvalue weighted by Gasteiger charge is 2.29. The number of aromatic nitrogens is 2. The van der Waals surface area contributed by atoms with Gasteiger partial charge in [-0.05, 0) is 5.56 Å². The molecule has 0 spiro atoms. The molecule has 0 fully saturated rings. The monoisotopic (exact) mass is 240 g/mol. The minimum Gasteiger partial charge on any atom is -0.515 e. The number of hydrogen-bond donors (Lipinski definition) is 1. The summed E-state index contributed by atoms with van der Waals surface area (Å²) < 4.78 is 1.82. The number of carbonyl (C=O) groups is 1. The summed E-state index contributed by atoms with van der Waals surface area (Å²) in [6.07, 6.45) is 2.93. The molecule has 1 aromatic heterocycles. The molecule has 4 nitrogen and oxygen atoms in total. The van der Waals surface area contributed by atoms with Crippen molar-refractivity contribution in [2.24, 2.45) is 0 Å². The molecule has 1 N–H and O–H groups in total. The molecule has 0 aliphatic heterocycles. The number of benzene rings is 1. The van der Waals surface area contributed by atoms with Gasteiger partial charge in [-0.1, -0.05) is 30.3 Å². The van der Waals surface area contributed by atoms with Crippen LogP contribution in [0.2, 0.25) is 0 Å². The number of allylic oxidation sites excluding steroid dienone is 1. The quantitative estimate of drug-likeness (QED) is 0.646. The lowest BCUT2D eigenvalue weighted by Crippen LogP contribution is -2.05. The SMILES string of the molecule is O=C1C(=CO)Cc2c1cnn2Cc1ccccc1. The molecule has 0 amide bonds. The summed E-state index contributed by atoms with van der Waals surface area (Å²) in [7, 11) is 0. The molecule has 1 aromatic carbocycles. The van der Waals surface area contributed by atoms with Crippen molar-refractivity contribution in [3.05, 3.63) is 65.2 Å². The predicted molar refractivity (Wildman–Crippen MR) is 66.5 cm³/mol. The molecule has 0 bridgehead atoms. The summed E-state index contributed by atoms with van der Waals surface area (Å²) in [5.74, 6) is -0.119. The largest absolute Gasteiger partial charge is 0.515 e. The van der Waals surface area contributed by atoms with Gasteiger partial charge in [-0.25, -0.2) is 0 Å². The molecule has 0 unspecified atom stereocenters. The molecule has 0 saturated heterocycles. The van der Waals surface area contributed by atoms with Crippen molar-refractivity contribution < 1.29 is 9.90 Å². The highest BCUT2D eigenvalue weighted by molar-refractivity contribution is 6.12. The van der Waals surface area contributed by atoms with E-state index >= 15 is 0 Å². The van der Waals surface area contributed by atoms with Crippen molar-refractivity contribution in [3.8, 4) is 0 Å². The lowest BCUT2D eigenvalue weighted by molar-refractivity contribution is 0.103. The van der Waals surface area contributed by atoms with E-state index in [0.717, 1.165) is 17.5 Å². The molecule has 18 heavy (non-hydrogen) atoms. The summed E-state index contributed by atoms with van der Waals surface area (Å²) in [4.78, 5) is 11.8. The van der Waals surface area contributed by atoms with E-state index in [1.165, 1.54) is 0 Å². The van der Waals surface area contributed by atoms with Crippen molar-refractivity contribution in [3.63, 3.8) is 0 Å². The van der Waals surface area contributed by atoms with Crippen LogP contribution in [-0.4, -0.2) is 20.7 Å². The number of hydrogen-bond acceptors (Lipinski definition) is 3. The Morgan fingerprint density at radius 3 is 2.83 bits per heavy atom. The molecule has 1 aliphatic carbocycles. The zero-order valence-electron chi connectivity index (χ0n) is 9.71. The fraction of sp³-hybridized carbons (Fsp3) is 0.143. The van der Waals surface area contributed by atoms with E-state index < -0.39 is 0 Å². The molecule has 1 heterocycles. The standard InChI is InChI=1S/C14H12N2O2/c17-9-11-6-13-12(14(11)18)7-15-16(13)8-10-4-2-1-3-5-10/h1-5,7,9,17H,6,8H2. The highest BCUT2D eigenvalue weighted by atomic mass is 16.2. The summed E-state index contributed by atoms with van der Waals surface area (Å²) in [6.45, 7) is 0.641. The van der Waals surface area contributed by atoms with Crippen LogP contribution in [0.5, 0.6) is 0 Å². The Bertz CT molecular complexity index is 626. The lowest BCUT2D eigenvalue weighted by atomic mass is 10.2. The summed E-state index contributed by atoms with van der Waals surface area (Å²) in [6, 6.07) is 9.96. The summed E-state index contributed by atoms with van der Waals surface area (Å²) >= 11 is 0. The van der Waals surface area contributed by atoms with Gasteiger partial charge < -0.3 is 5.11 Å². The Hall–Kier alpha value is -2.36. The molecule has 0 radical (unpaired) electrons. The number of rotatable bonds is 2. The van der Waals surface area contributed by atoms with Crippen LogP contribution in [0.15, 0.2) is 48.4 Å². The van der Waals surface area contributed by atoms with Crippen LogP contribution in [0.25, 0.3) is 0 Å². The van der Waals surface area contributed by atoms with Crippen LogP contribution >= 0.6 is 0 Å². The molecule has 0 saturated carbocycles. The van der Waals surface area contributed by atoms with E-state index in [1.807, 2.05) is 35.0 Å². The first-order valence-corrected chi connectivity index (χ1v) is 5.76. The Morgan fingerprint density at radius 2 is 2.11 bits per heavy atom. The molecule has 90 valence electrons. The lowest BCUT2D eigenvalue weighted by Gasteiger charge is -2.05. The third-order valence-electron chi connectivity index (χ3n) is 3.17. The van der Waals surface area contributed by atoms with Gasteiger partial charge in [0.05, 0.1) is 30.3 Å². The van der Waals surface area contributed by atoms with Crippen molar-refractivity contribution in [2.75, 3.05) is 0 Å². The van der Waals surface area contributed by atoms with Crippen LogP contribution < -0.4 is 0 Å². The van der Waals surface area contributed by atoms with E-state index in [0.29, 0.717) is 24.1 Å². The van der Waals surface area contributed by atoms with Crippen LogP contribution in [-0.2, 0) is 13.0 Å². The normalized spacial score (nSPS) is 16.2. The second kappa shape index (κ2) is 4.14. The highest BCUT2D eigenvalue weighted by Crippen LogP contribution is 2.26. The van der Waals surface area contributed by atoms with Gasteiger partial charge in [0.2, 0.25) is 0 Å². The van der Waals surface area contributed by atoms with E-state index in [-0.39, 0.29) is 5.78 Å². The van der Waals surface area contributed by atoms with Crippen molar-refractivity contribution in [1.82, 2.24) is 9.78 Å². The first-order valence-electron chi connectivity index (χ1n) is 5.76. The van der Waals surface area contributed by atoms with E-state index in [2.05, 4.69) is 5.10 Å². The summed E-state index contributed by atoms with van der Waals surface area (Å²) in [5, 5.41) is 13.2. The number of aliphatic hydroxyl groups excluding tert-OH is 1. The smallest absolute Gasteiger partial charge is 0.195 e. The van der Waals surface area contributed by atoms with Crippen LogP contribution in [0.1, 0.15) is 21.6 Å². The topological polar surface area (TPSA) is 55.1 Å². The van der Waals surface area contributed by atoms with E-state index in [4.69, 9.17) is 5.11 Å². The third kappa shape index (κ3) is 1.62. The van der Waals surface area contributed by atoms with Gasteiger partial charge in [0, 0.05) is 12.0 Å². The fourth-order valence-electron chi connectivity index (χ4n) is 2.22. The van der Waals surface area contributed by atoms with Crippen molar-refractivity contribution >= 4 is 5.78 Å². The minimum absolute atomic E-state index is 0.119. The van der Waals surface area contributed by atoms with E-state index in [1.54, 1.807) is 6.20 Å². The van der Waals surface area contributed by atoms with Crippen molar-refractivity contribution in [2.45, 2.75) is 13.0 Å². The Labute approximate surface area is 104 Å². The van der Waals surface area contributed by atoms with Gasteiger partial charge in [0.25, 0.3) is 0 Å². The van der Waals surface area contributed by atoms with Crippen LogP contribution in [0, 0.1) is 0 Å². The average Bonchev–Trinajstić information content (AvgIpc) is 2.93. The molecule has 2 aromatic rings.